The molecule has 1 heterocycles. The molecule has 0 aliphatic rings. The maximum Gasteiger partial charge on any atom is 0.292 e. The summed E-state index contributed by atoms with van der Waals surface area (Å²) in [5.41, 5.74) is 0.326. The molecule has 2 aromatic carbocycles. The van der Waals surface area contributed by atoms with Gasteiger partial charge in [-0.15, -0.1) is 0 Å². The fourth-order valence-electron chi connectivity index (χ4n) is 2.63. The van der Waals surface area contributed by atoms with E-state index in [0.29, 0.717) is 16.5 Å². The molecule has 3 aromatic rings. The summed E-state index contributed by atoms with van der Waals surface area (Å²) in [5.74, 6) is 0.579. The maximum absolute atomic E-state index is 12.4. The second-order valence-electron chi connectivity index (χ2n) is 6.40. The van der Waals surface area contributed by atoms with Gasteiger partial charge in [0.1, 0.15) is 41.2 Å². The molecule has 9 heteroatoms. The molecular formula is C22H16ClN3O5. The van der Waals surface area contributed by atoms with Crippen molar-refractivity contribution in [1.29, 1.82) is 5.26 Å². The van der Waals surface area contributed by atoms with Crippen LogP contribution >= 0.6 is 11.6 Å². The molecule has 0 saturated carbocycles. The van der Waals surface area contributed by atoms with Crippen LogP contribution in [0.25, 0.3) is 6.08 Å². The van der Waals surface area contributed by atoms with Gasteiger partial charge in [0.25, 0.3) is 11.6 Å². The van der Waals surface area contributed by atoms with Gasteiger partial charge in [-0.3, -0.25) is 14.9 Å². The Kier molecular flexibility index (Phi) is 6.70. The maximum atomic E-state index is 12.4. The Morgan fingerprint density at radius 2 is 2.06 bits per heavy atom. The topological polar surface area (TPSA) is 118 Å². The number of hydrogen-bond donors (Lipinski definition) is 1. The highest BCUT2D eigenvalue weighted by atomic mass is 35.5. The van der Waals surface area contributed by atoms with Crippen molar-refractivity contribution in [3.05, 3.63) is 92.4 Å². The van der Waals surface area contributed by atoms with Gasteiger partial charge in [-0.25, -0.2) is 0 Å². The average molecular weight is 438 g/mol. The number of hydrogen-bond acceptors (Lipinski definition) is 6. The first-order chi connectivity index (χ1) is 14.9. The lowest BCUT2D eigenvalue weighted by molar-refractivity contribution is -0.383. The number of anilines is 1. The van der Waals surface area contributed by atoms with E-state index in [9.17, 15) is 20.2 Å². The van der Waals surface area contributed by atoms with Gasteiger partial charge in [-0.05, 0) is 48.9 Å². The van der Waals surface area contributed by atoms with Crippen LogP contribution in [0, 0.1) is 28.4 Å². The molecule has 156 valence electrons. The molecule has 0 saturated heterocycles. The summed E-state index contributed by atoms with van der Waals surface area (Å²) in [6, 6.07) is 15.9. The van der Waals surface area contributed by atoms with Crippen LogP contribution in [0.1, 0.15) is 17.1 Å². The minimum Gasteiger partial charge on any atom is -0.486 e. The predicted molar refractivity (Wildman–Crippen MR) is 115 cm³/mol. The molecule has 8 nitrogen and oxygen atoms in total. The first-order valence-corrected chi connectivity index (χ1v) is 9.39. The smallest absolute Gasteiger partial charge is 0.292 e. The highest BCUT2D eigenvalue weighted by Crippen LogP contribution is 2.25. The molecule has 3 rings (SSSR count). The molecule has 0 unspecified atom stereocenters. The largest absolute Gasteiger partial charge is 0.486 e. The summed E-state index contributed by atoms with van der Waals surface area (Å²) in [6.45, 7) is 2.00. The standard InChI is InChI=1S/C22H16ClN3O5/c1-14-10-16(8-9-19(14)23)30-13-18-7-6-17(31-18)11-15(12-24)22(27)25-20-4-2-3-5-21(20)26(28)29/h2-11H,13H2,1H3,(H,25,27). The molecular weight excluding hydrogens is 422 g/mol. The Morgan fingerprint density at radius 1 is 1.29 bits per heavy atom. The van der Waals surface area contributed by atoms with Gasteiger partial charge < -0.3 is 14.5 Å². The van der Waals surface area contributed by atoms with Crippen LogP contribution in [0.4, 0.5) is 11.4 Å². The van der Waals surface area contributed by atoms with E-state index in [1.54, 1.807) is 42.5 Å². The van der Waals surface area contributed by atoms with Crippen LogP contribution < -0.4 is 10.1 Å². The highest BCUT2D eigenvalue weighted by Gasteiger charge is 2.17. The van der Waals surface area contributed by atoms with Gasteiger partial charge in [0.05, 0.1) is 4.92 Å². The lowest BCUT2D eigenvalue weighted by Crippen LogP contribution is -2.14. The van der Waals surface area contributed by atoms with Gasteiger partial charge in [0.2, 0.25) is 0 Å². The summed E-state index contributed by atoms with van der Waals surface area (Å²) in [7, 11) is 0. The monoisotopic (exact) mass is 437 g/mol. The fraction of sp³-hybridized carbons (Fsp3) is 0.0909. The van der Waals surface area contributed by atoms with Crippen LogP contribution in [0.5, 0.6) is 5.75 Å². The minimum absolute atomic E-state index is 0.00885. The number of nitriles is 1. The number of nitrogens with one attached hydrogen (secondary N) is 1. The van der Waals surface area contributed by atoms with Crippen LogP contribution in [0.15, 0.2) is 64.6 Å². The van der Waals surface area contributed by atoms with Crippen molar-refractivity contribution in [2.45, 2.75) is 13.5 Å². The second kappa shape index (κ2) is 9.61. The number of carbonyl (C=O) groups excluding carboxylic acids is 1. The van der Waals surface area contributed by atoms with Crippen molar-refractivity contribution in [3.8, 4) is 11.8 Å². The first-order valence-electron chi connectivity index (χ1n) is 9.01. The molecule has 0 aliphatic carbocycles. The summed E-state index contributed by atoms with van der Waals surface area (Å²) < 4.78 is 11.2. The van der Waals surface area contributed by atoms with E-state index >= 15 is 0 Å². The number of ether oxygens (including phenoxy) is 1. The summed E-state index contributed by atoms with van der Waals surface area (Å²) >= 11 is 5.99. The Morgan fingerprint density at radius 3 is 2.77 bits per heavy atom. The second-order valence-corrected chi connectivity index (χ2v) is 6.81. The van der Waals surface area contributed by atoms with Crippen LogP contribution in [0.3, 0.4) is 0 Å². The molecule has 1 amide bonds. The molecule has 0 atom stereocenters. The Balaban J connectivity index is 1.69. The average Bonchev–Trinajstić information content (AvgIpc) is 3.20. The number of amides is 1. The zero-order valence-electron chi connectivity index (χ0n) is 16.3. The SMILES string of the molecule is Cc1cc(OCc2ccc(C=C(C#N)C(=O)Nc3ccccc3[N+](=O)[O-])o2)ccc1Cl. The van der Waals surface area contributed by atoms with Crippen molar-refractivity contribution >= 4 is 35.0 Å². The molecule has 0 bridgehead atoms. The van der Waals surface area contributed by atoms with Crippen LogP contribution in [-0.2, 0) is 11.4 Å². The number of nitro benzene ring substituents is 1. The molecule has 0 spiro atoms. The zero-order valence-corrected chi connectivity index (χ0v) is 17.1. The lowest BCUT2D eigenvalue weighted by atomic mass is 10.2. The van der Waals surface area contributed by atoms with E-state index in [1.165, 1.54) is 24.3 Å². The van der Waals surface area contributed by atoms with Crippen LogP contribution in [0.2, 0.25) is 5.02 Å². The number of benzene rings is 2. The summed E-state index contributed by atoms with van der Waals surface area (Å²) in [5, 5.41) is 23.4. The van der Waals surface area contributed by atoms with Crippen molar-refractivity contribution in [2.24, 2.45) is 0 Å². The minimum atomic E-state index is -0.789. The molecule has 1 N–H and O–H groups in total. The Labute approximate surface area is 182 Å². The molecule has 1 aromatic heterocycles. The van der Waals surface area contributed by atoms with E-state index < -0.39 is 10.8 Å². The van der Waals surface area contributed by atoms with Crippen molar-refractivity contribution in [3.63, 3.8) is 0 Å². The fourth-order valence-corrected chi connectivity index (χ4v) is 2.75. The van der Waals surface area contributed by atoms with E-state index in [-0.39, 0.29) is 29.3 Å². The van der Waals surface area contributed by atoms with E-state index in [2.05, 4.69) is 5.32 Å². The third kappa shape index (κ3) is 5.50. The van der Waals surface area contributed by atoms with Crippen molar-refractivity contribution < 1.29 is 18.9 Å². The summed E-state index contributed by atoms with van der Waals surface area (Å²) in [4.78, 5) is 22.9. The summed E-state index contributed by atoms with van der Waals surface area (Å²) in [6.07, 6.45) is 1.25. The lowest BCUT2D eigenvalue weighted by Gasteiger charge is -2.06. The first kappa shape index (κ1) is 21.6. The van der Waals surface area contributed by atoms with Gasteiger partial charge >= 0.3 is 0 Å². The number of nitro groups is 1. The number of furan rings is 1. The van der Waals surface area contributed by atoms with Crippen molar-refractivity contribution in [1.82, 2.24) is 0 Å². The zero-order chi connectivity index (χ0) is 22.4. The number of para-hydroxylation sites is 2. The van der Waals surface area contributed by atoms with Gasteiger partial charge in [-0.1, -0.05) is 23.7 Å². The molecule has 0 radical (unpaired) electrons. The highest BCUT2D eigenvalue weighted by molar-refractivity contribution is 6.31. The quantitative estimate of drug-likeness (QED) is 0.232. The Hall–Kier alpha value is -4.09. The van der Waals surface area contributed by atoms with E-state index in [4.69, 9.17) is 20.8 Å². The van der Waals surface area contributed by atoms with Gasteiger partial charge in [-0.2, -0.15) is 5.26 Å². The van der Waals surface area contributed by atoms with Crippen molar-refractivity contribution in [2.75, 3.05) is 5.32 Å². The molecule has 31 heavy (non-hydrogen) atoms. The number of carbonyl (C=O) groups is 1. The molecule has 0 aliphatic heterocycles. The third-order valence-electron chi connectivity index (χ3n) is 4.19. The number of nitrogens with zero attached hydrogens (tertiary/aromatic N) is 2. The van der Waals surface area contributed by atoms with Gasteiger partial charge in [0.15, 0.2) is 0 Å². The number of aryl methyl sites for hydroxylation is 1. The Bertz CT molecular complexity index is 1210. The normalized spacial score (nSPS) is 10.9. The van der Waals surface area contributed by atoms with Gasteiger partial charge in [0, 0.05) is 17.2 Å². The number of rotatable bonds is 7. The van der Waals surface area contributed by atoms with E-state index in [0.717, 1.165) is 5.56 Å². The van der Waals surface area contributed by atoms with Crippen LogP contribution in [-0.4, -0.2) is 10.8 Å². The number of halogens is 1. The predicted octanol–water partition coefficient (Wildman–Crippen LogP) is 5.27. The molecule has 0 fully saturated rings. The third-order valence-corrected chi connectivity index (χ3v) is 4.62. The van der Waals surface area contributed by atoms with E-state index in [1.807, 2.05) is 6.92 Å².